The van der Waals surface area contributed by atoms with E-state index >= 15 is 0 Å². The molecule has 0 bridgehead atoms. The molecule has 0 aliphatic heterocycles. The lowest BCUT2D eigenvalue weighted by molar-refractivity contribution is -0.149. The molecule has 0 aromatic carbocycles. The average Bonchev–Trinajstić information content (AvgIpc) is 2.38. The Labute approximate surface area is 113 Å². The molecule has 0 rings (SSSR count). The van der Waals surface area contributed by atoms with E-state index in [0.29, 0.717) is 0 Å². The standard InChI is InChI=1S/C8H18NO10P/c10-3-4(11)5(12)6(13)7(14)8(15)9-1-2-19-20(16,17)18/h4-7,10-14H,1-3H2,(H,9,15)(H2,16,17,18). The number of aliphatic hydroxyl groups is 5. The van der Waals surface area contributed by atoms with Gasteiger partial charge in [-0.05, 0) is 0 Å². The van der Waals surface area contributed by atoms with Gasteiger partial charge in [-0.1, -0.05) is 0 Å². The lowest BCUT2D eigenvalue weighted by Crippen LogP contribution is -2.52. The lowest BCUT2D eigenvalue weighted by atomic mass is 10.0. The number of phosphoric ester groups is 1. The van der Waals surface area contributed by atoms with Gasteiger partial charge in [0.25, 0.3) is 5.91 Å². The third-order valence-electron chi connectivity index (χ3n) is 2.18. The van der Waals surface area contributed by atoms with Crippen LogP contribution < -0.4 is 5.32 Å². The van der Waals surface area contributed by atoms with Crippen LogP contribution in [0.15, 0.2) is 0 Å². The molecular formula is C8H18NO10P. The Balaban J connectivity index is 4.17. The molecule has 0 radical (unpaired) electrons. The summed E-state index contributed by atoms with van der Waals surface area (Å²) in [6, 6.07) is 0. The third kappa shape index (κ3) is 7.24. The van der Waals surface area contributed by atoms with Gasteiger partial charge in [0.05, 0.1) is 13.2 Å². The fourth-order valence-electron chi connectivity index (χ4n) is 1.12. The summed E-state index contributed by atoms with van der Waals surface area (Å²) in [5.41, 5.74) is 0. The SMILES string of the molecule is O=C(NCCOP(=O)(O)O)C(O)C(O)C(O)C(O)CO. The highest BCUT2D eigenvalue weighted by Gasteiger charge is 2.33. The van der Waals surface area contributed by atoms with Crippen LogP contribution in [0.2, 0.25) is 0 Å². The number of carbonyl (C=O) groups is 1. The molecular weight excluding hydrogens is 301 g/mol. The van der Waals surface area contributed by atoms with Gasteiger partial charge in [0.2, 0.25) is 0 Å². The molecule has 4 unspecified atom stereocenters. The highest BCUT2D eigenvalue weighted by atomic mass is 31.2. The Morgan fingerprint density at radius 2 is 1.70 bits per heavy atom. The highest BCUT2D eigenvalue weighted by Crippen LogP contribution is 2.35. The van der Waals surface area contributed by atoms with Gasteiger partial charge < -0.3 is 40.6 Å². The smallest absolute Gasteiger partial charge is 0.394 e. The minimum absolute atomic E-state index is 0.369. The first-order valence-electron chi connectivity index (χ1n) is 5.41. The first-order valence-corrected chi connectivity index (χ1v) is 6.94. The molecule has 0 saturated carbocycles. The molecule has 0 saturated heterocycles. The van der Waals surface area contributed by atoms with E-state index in [-0.39, 0.29) is 6.54 Å². The molecule has 0 aliphatic rings. The molecule has 12 heteroatoms. The molecule has 4 atom stereocenters. The Hall–Kier alpha value is -0.620. The van der Waals surface area contributed by atoms with Crippen LogP contribution in [0.1, 0.15) is 0 Å². The van der Waals surface area contributed by atoms with E-state index in [0.717, 1.165) is 0 Å². The average molecular weight is 319 g/mol. The number of nitrogens with one attached hydrogen (secondary N) is 1. The largest absolute Gasteiger partial charge is 0.469 e. The van der Waals surface area contributed by atoms with Crippen LogP contribution in [0, 0.1) is 0 Å². The van der Waals surface area contributed by atoms with Crippen LogP contribution in [0.25, 0.3) is 0 Å². The van der Waals surface area contributed by atoms with Crippen LogP contribution in [0.5, 0.6) is 0 Å². The van der Waals surface area contributed by atoms with E-state index in [1.54, 1.807) is 0 Å². The van der Waals surface area contributed by atoms with Gasteiger partial charge in [0, 0.05) is 6.54 Å². The predicted molar refractivity (Wildman–Crippen MR) is 62.1 cm³/mol. The molecule has 0 aromatic rings. The zero-order valence-electron chi connectivity index (χ0n) is 10.2. The minimum atomic E-state index is -4.67. The molecule has 11 nitrogen and oxygen atoms in total. The Bertz CT molecular complexity index is 346. The van der Waals surface area contributed by atoms with Crippen LogP contribution in [-0.4, -0.2) is 85.4 Å². The summed E-state index contributed by atoms with van der Waals surface area (Å²) < 4.78 is 14.3. The molecule has 1 amide bonds. The number of hydrogen-bond donors (Lipinski definition) is 8. The maximum absolute atomic E-state index is 11.3. The second-order valence-electron chi connectivity index (χ2n) is 3.79. The Kier molecular flexibility index (Phi) is 8.35. The van der Waals surface area contributed by atoms with Crippen molar-refractivity contribution in [2.45, 2.75) is 24.4 Å². The summed E-state index contributed by atoms with van der Waals surface area (Å²) in [6.07, 6.45) is -7.86. The van der Waals surface area contributed by atoms with E-state index < -0.39 is 51.4 Å². The number of phosphoric acid groups is 1. The van der Waals surface area contributed by atoms with Crippen molar-refractivity contribution in [3.8, 4) is 0 Å². The maximum Gasteiger partial charge on any atom is 0.469 e. The molecule has 0 fully saturated rings. The van der Waals surface area contributed by atoms with E-state index in [2.05, 4.69) is 4.52 Å². The van der Waals surface area contributed by atoms with E-state index in [9.17, 15) is 24.7 Å². The summed E-state index contributed by atoms with van der Waals surface area (Å²) in [4.78, 5) is 28.0. The van der Waals surface area contributed by atoms with Gasteiger partial charge in [0.1, 0.15) is 18.3 Å². The van der Waals surface area contributed by atoms with Crippen molar-refractivity contribution in [2.24, 2.45) is 0 Å². The van der Waals surface area contributed by atoms with Crippen molar-refractivity contribution in [1.29, 1.82) is 0 Å². The second kappa shape index (κ2) is 8.62. The summed E-state index contributed by atoms with van der Waals surface area (Å²) >= 11 is 0. The number of rotatable bonds is 9. The normalized spacial score (nSPS) is 18.1. The number of amides is 1. The molecule has 0 aromatic heterocycles. The van der Waals surface area contributed by atoms with E-state index in [4.69, 9.17) is 20.0 Å². The maximum atomic E-state index is 11.3. The topological polar surface area (TPSA) is 197 Å². The van der Waals surface area contributed by atoms with E-state index in [1.807, 2.05) is 5.32 Å². The lowest BCUT2D eigenvalue weighted by Gasteiger charge is -2.24. The van der Waals surface area contributed by atoms with Crippen LogP contribution in [0.3, 0.4) is 0 Å². The number of aliphatic hydroxyl groups excluding tert-OH is 5. The van der Waals surface area contributed by atoms with Crippen molar-refractivity contribution in [3.05, 3.63) is 0 Å². The number of hydrogen-bond acceptors (Lipinski definition) is 8. The van der Waals surface area contributed by atoms with Gasteiger partial charge in [-0.2, -0.15) is 0 Å². The molecule has 120 valence electrons. The molecule has 8 N–H and O–H groups in total. The van der Waals surface area contributed by atoms with Gasteiger partial charge in [-0.25, -0.2) is 4.57 Å². The third-order valence-corrected chi connectivity index (χ3v) is 2.70. The Morgan fingerprint density at radius 1 is 1.15 bits per heavy atom. The second-order valence-corrected chi connectivity index (χ2v) is 5.03. The van der Waals surface area contributed by atoms with Crippen molar-refractivity contribution in [2.75, 3.05) is 19.8 Å². The summed E-state index contributed by atoms with van der Waals surface area (Å²) in [7, 11) is -4.67. The number of carbonyl (C=O) groups excluding carboxylic acids is 1. The monoisotopic (exact) mass is 319 g/mol. The molecule has 0 aliphatic carbocycles. The molecule has 0 heterocycles. The zero-order chi connectivity index (χ0) is 15.9. The van der Waals surface area contributed by atoms with Gasteiger partial charge in [-0.15, -0.1) is 0 Å². The van der Waals surface area contributed by atoms with Crippen molar-refractivity contribution >= 4 is 13.7 Å². The fraction of sp³-hybridized carbons (Fsp3) is 0.875. The summed E-state index contributed by atoms with van der Waals surface area (Å²) in [6.45, 7) is -1.80. The minimum Gasteiger partial charge on any atom is -0.394 e. The molecule has 0 spiro atoms. The predicted octanol–water partition coefficient (Wildman–Crippen LogP) is -4.35. The molecule has 20 heavy (non-hydrogen) atoms. The van der Waals surface area contributed by atoms with Crippen LogP contribution >= 0.6 is 7.82 Å². The van der Waals surface area contributed by atoms with Crippen molar-refractivity contribution in [1.82, 2.24) is 5.32 Å². The quantitative estimate of drug-likeness (QED) is 0.152. The van der Waals surface area contributed by atoms with Crippen molar-refractivity contribution in [3.63, 3.8) is 0 Å². The van der Waals surface area contributed by atoms with Crippen LogP contribution in [0.4, 0.5) is 0 Å². The van der Waals surface area contributed by atoms with Gasteiger partial charge in [0.15, 0.2) is 6.10 Å². The highest BCUT2D eigenvalue weighted by molar-refractivity contribution is 7.46. The van der Waals surface area contributed by atoms with E-state index in [1.165, 1.54) is 0 Å². The zero-order valence-corrected chi connectivity index (χ0v) is 11.1. The van der Waals surface area contributed by atoms with Crippen molar-refractivity contribution < 1.29 is 49.2 Å². The fourth-order valence-corrected chi connectivity index (χ4v) is 1.45. The first-order chi connectivity index (χ1) is 9.10. The van der Waals surface area contributed by atoms with Crippen LogP contribution in [-0.2, 0) is 13.9 Å². The first kappa shape index (κ1) is 19.4. The van der Waals surface area contributed by atoms with Gasteiger partial charge in [-0.3, -0.25) is 9.32 Å². The summed E-state index contributed by atoms with van der Waals surface area (Å²) in [5.74, 6) is -1.16. The van der Waals surface area contributed by atoms with Gasteiger partial charge >= 0.3 is 7.82 Å². The Morgan fingerprint density at radius 3 is 2.15 bits per heavy atom. The summed E-state index contributed by atoms with van der Waals surface area (Å²) in [5, 5.41) is 47.5.